The van der Waals surface area contributed by atoms with Gasteiger partial charge in [0.1, 0.15) is 17.4 Å². The van der Waals surface area contributed by atoms with E-state index in [0.29, 0.717) is 10.8 Å². The van der Waals surface area contributed by atoms with Crippen molar-refractivity contribution in [1.82, 2.24) is 5.32 Å². The van der Waals surface area contributed by atoms with Crippen molar-refractivity contribution in [2.24, 2.45) is 0 Å². The summed E-state index contributed by atoms with van der Waals surface area (Å²) in [4.78, 5) is 11.9. The molecule has 1 aromatic rings. The highest BCUT2D eigenvalue weighted by Crippen LogP contribution is 2.13. The first kappa shape index (κ1) is 18.4. The number of hydrogen-bond acceptors (Lipinski definition) is 4. The molecule has 0 spiro atoms. The van der Waals surface area contributed by atoms with E-state index in [-0.39, 0.29) is 6.04 Å². The van der Waals surface area contributed by atoms with E-state index in [2.05, 4.69) is 12.2 Å². The van der Waals surface area contributed by atoms with E-state index >= 15 is 0 Å². The fourth-order valence-corrected chi connectivity index (χ4v) is 2.06. The number of carbonyl (C=O) groups excluding carboxylic acids is 1. The highest BCUT2D eigenvalue weighted by Gasteiger charge is 2.23. The van der Waals surface area contributed by atoms with E-state index in [0.717, 1.165) is 19.3 Å². The van der Waals surface area contributed by atoms with Crippen LogP contribution in [0.15, 0.2) is 30.3 Å². The van der Waals surface area contributed by atoms with E-state index in [1.165, 1.54) is 0 Å². The molecule has 0 aromatic heterocycles. The topological polar surface area (TPSA) is 47.6 Å². The van der Waals surface area contributed by atoms with Crippen LogP contribution in [0, 0.1) is 0 Å². The summed E-state index contributed by atoms with van der Waals surface area (Å²) < 4.78 is 10.9. The number of alkyl carbamates (subject to hydrolysis) is 1. The molecule has 1 atom stereocenters. The molecule has 22 heavy (non-hydrogen) atoms. The van der Waals surface area contributed by atoms with Crippen molar-refractivity contribution in [2.75, 3.05) is 0 Å². The smallest absolute Gasteiger partial charge is 0.408 e. The van der Waals surface area contributed by atoms with E-state index in [4.69, 9.17) is 21.7 Å². The molecule has 1 rings (SSSR count). The van der Waals surface area contributed by atoms with Crippen molar-refractivity contribution in [3.8, 4) is 5.75 Å². The van der Waals surface area contributed by atoms with Crippen molar-refractivity contribution in [3.63, 3.8) is 0 Å². The Morgan fingerprint density at radius 3 is 2.45 bits per heavy atom. The average molecular weight is 323 g/mol. The van der Waals surface area contributed by atoms with Crippen LogP contribution in [0.1, 0.15) is 47.0 Å². The summed E-state index contributed by atoms with van der Waals surface area (Å²) >= 11 is 5.34. The summed E-state index contributed by atoms with van der Waals surface area (Å²) in [6.45, 7) is 7.57. The Morgan fingerprint density at radius 1 is 1.27 bits per heavy atom. The summed E-state index contributed by atoms with van der Waals surface area (Å²) in [5.41, 5.74) is -0.540. The molecule has 0 heterocycles. The number of amides is 1. The molecule has 0 fully saturated rings. The SMILES string of the molecule is CCCC[C@H](NC(=O)OC(C)(C)C)C(=S)Oc1ccccc1. The number of benzene rings is 1. The van der Waals surface area contributed by atoms with Gasteiger partial charge in [0.25, 0.3) is 0 Å². The van der Waals surface area contributed by atoms with Crippen LogP contribution in [-0.2, 0) is 4.74 Å². The van der Waals surface area contributed by atoms with E-state index in [9.17, 15) is 4.79 Å². The number of nitrogens with one attached hydrogen (secondary N) is 1. The molecule has 1 N–H and O–H groups in total. The quantitative estimate of drug-likeness (QED) is 0.784. The Hall–Kier alpha value is -1.62. The van der Waals surface area contributed by atoms with Gasteiger partial charge in [-0.05, 0) is 51.5 Å². The monoisotopic (exact) mass is 323 g/mol. The van der Waals surface area contributed by atoms with Crippen LogP contribution in [0.5, 0.6) is 5.75 Å². The standard InChI is InChI=1S/C17H25NO3S/c1-5-6-12-14(18-16(19)21-17(2,3)4)15(22)20-13-10-8-7-9-11-13/h7-11,14H,5-6,12H2,1-4H3,(H,18,19)/t14-/m0/s1. The molecule has 0 saturated carbocycles. The summed E-state index contributed by atoms with van der Waals surface area (Å²) in [6.07, 6.45) is 2.20. The van der Waals surface area contributed by atoms with Crippen molar-refractivity contribution < 1.29 is 14.3 Å². The van der Waals surface area contributed by atoms with Gasteiger partial charge >= 0.3 is 6.09 Å². The number of rotatable bonds is 6. The third-order valence-electron chi connectivity index (χ3n) is 2.78. The molecule has 0 aliphatic rings. The lowest BCUT2D eigenvalue weighted by molar-refractivity contribution is 0.0513. The number of para-hydroxylation sites is 1. The first-order chi connectivity index (χ1) is 10.3. The molecular formula is C17H25NO3S. The molecule has 4 nitrogen and oxygen atoms in total. The molecule has 0 saturated heterocycles. The molecule has 1 aromatic carbocycles. The van der Waals surface area contributed by atoms with Gasteiger partial charge in [0.05, 0.1) is 0 Å². The van der Waals surface area contributed by atoms with Gasteiger partial charge < -0.3 is 14.8 Å². The zero-order chi connectivity index (χ0) is 16.6. The molecule has 122 valence electrons. The Morgan fingerprint density at radius 2 is 1.91 bits per heavy atom. The van der Waals surface area contributed by atoms with Crippen LogP contribution in [0.4, 0.5) is 4.79 Å². The van der Waals surface area contributed by atoms with Gasteiger partial charge in [-0.2, -0.15) is 0 Å². The number of ether oxygens (including phenoxy) is 2. The zero-order valence-corrected chi connectivity index (χ0v) is 14.5. The predicted octanol–water partition coefficient (Wildman–Crippen LogP) is 4.48. The van der Waals surface area contributed by atoms with Crippen LogP contribution in [-0.4, -0.2) is 22.8 Å². The summed E-state index contributed by atoms with van der Waals surface area (Å²) in [6, 6.07) is 8.97. The second-order valence-electron chi connectivity index (χ2n) is 6.08. The van der Waals surface area contributed by atoms with Crippen LogP contribution in [0.3, 0.4) is 0 Å². The molecule has 0 aliphatic carbocycles. The third-order valence-corrected chi connectivity index (χ3v) is 3.15. The summed E-state index contributed by atoms with van der Waals surface area (Å²) in [7, 11) is 0. The van der Waals surface area contributed by atoms with Gasteiger partial charge in [-0.15, -0.1) is 0 Å². The number of thiocarbonyl (C=S) groups is 1. The average Bonchev–Trinajstić information content (AvgIpc) is 2.42. The Kier molecular flexibility index (Phi) is 7.32. The van der Waals surface area contributed by atoms with E-state index in [1.807, 2.05) is 51.1 Å². The van der Waals surface area contributed by atoms with Crippen molar-refractivity contribution >= 4 is 23.4 Å². The second-order valence-corrected chi connectivity index (χ2v) is 6.48. The lowest BCUT2D eigenvalue weighted by Crippen LogP contribution is -2.44. The van der Waals surface area contributed by atoms with Gasteiger partial charge in [-0.1, -0.05) is 38.0 Å². The lowest BCUT2D eigenvalue weighted by atomic mass is 10.1. The molecule has 0 aliphatic heterocycles. The molecular weight excluding hydrogens is 298 g/mol. The Bertz CT molecular complexity index is 482. The fourth-order valence-electron chi connectivity index (χ4n) is 1.78. The molecule has 0 bridgehead atoms. The molecule has 0 unspecified atom stereocenters. The summed E-state index contributed by atoms with van der Waals surface area (Å²) in [5.74, 6) is 0.667. The number of hydrogen-bond donors (Lipinski definition) is 1. The van der Waals surface area contributed by atoms with Crippen LogP contribution in [0.2, 0.25) is 0 Å². The van der Waals surface area contributed by atoms with Crippen LogP contribution in [0.25, 0.3) is 0 Å². The number of carbonyl (C=O) groups is 1. The van der Waals surface area contributed by atoms with Crippen molar-refractivity contribution in [1.29, 1.82) is 0 Å². The highest BCUT2D eigenvalue weighted by molar-refractivity contribution is 7.80. The first-order valence-electron chi connectivity index (χ1n) is 7.58. The first-order valence-corrected chi connectivity index (χ1v) is 7.99. The van der Waals surface area contributed by atoms with Gasteiger partial charge in [-0.3, -0.25) is 0 Å². The van der Waals surface area contributed by atoms with Gasteiger partial charge in [-0.25, -0.2) is 4.79 Å². The normalized spacial score (nSPS) is 12.4. The maximum absolute atomic E-state index is 11.9. The van der Waals surface area contributed by atoms with Gasteiger partial charge in [0.2, 0.25) is 0 Å². The second kappa shape index (κ2) is 8.73. The minimum Gasteiger partial charge on any atom is -0.448 e. The van der Waals surface area contributed by atoms with Crippen LogP contribution < -0.4 is 10.1 Å². The predicted molar refractivity (Wildman–Crippen MR) is 92.4 cm³/mol. The maximum Gasteiger partial charge on any atom is 0.408 e. The maximum atomic E-state index is 11.9. The fraction of sp³-hybridized carbons (Fsp3) is 0.529. The highest BCUT2D eigenvalue weighted by atomic mass is 32.1. The van der Waals surface area contributed by atoms with Gasteiger partial charge in [0.15, 0.2) is 5.05 Å². The zero-order valence-electron chi connectivity index (χ0n) is 13.7. The van der Waals surface area contributed by atoms with E-state index < -0.39 is 11.7 Å². The summed E-state index contributed by atoms with van der Waals surface area (Å²) in [5, 5.41) is 3.15. The van der Waals surface area contributed by atoms with E-state index in [1.54, 1.807) is 0 Å². The van der Waals surface area contributed by atoms with Crippen LogP contribution >= 0.6 is 12.2 Å². The van der Waals surface area contributed by atoms with Gasteiger partial charge in [0, 0.05) is 0 Å². The molecule has 1 amide bonds. The van der Waals surface area contributed by atoms with Crippen molar-refractivity contribution in [2.45, 2.75) is 58.6 Å². The molecule has 5 heteroatoms. The lowest BCUT2D eigenvalue weighted by Gasteiger charge is -2.24. The number of unbranched alkanes of at least 4 members (excludes halogenated alkanes) is 1. The molecule has 0 radical (unpaired) electrons. The largest absolute Gasteiger partial charge is 0.448 e. The minimum atomic E-state index is -0.540. The minimum absolute atomic E-state index is 0.343. The third kappa shape index (κ3) is 7.41. The van der Waals surface area contributed by atoms with Crippen molar-refractivity contribution in [3.05, 3.63) is 30.3 Å². The Balaban J connectivity index is 2.66. The Labute approximate surface area is 138 Å².